The second-order valence-corrected chi connectivity index (χ2v) is 9.57. The number of nitrogens with zero attached hydrogens (tertiary/aromatic N) is 4. The third-order valence-corrected chi connectivity index (χ3v) is 7.18. The number of fused-ring (bicyclic) bond motifs is 2. The van der Waals surface area contributed by atoms with Crippen LogP contribution in [-0.4, -0.2) is 60.9 Å². The number of para-hydroxylation sites is 1. The van der Waals surface area contributed by atoms with Gasteiger partial charge in [0, 0.05) is 19.5 Å². The van der Waals surface area contributed by atoms with Crippen LogP contribution in [0.3, 0.4) is 0 Å². The first kappa shape index (κ1) is 22.7. The lowest BCUT2D eigenvalue weighted by molar-refractivity contribution is 0.0601. The molecule has 0 bridgehead atoms. The highest BCUT2D eigenvalue weighted by Gasteiger charge is 2.30. The monoisotopic (exact) mass is 468 g/mol. The summed E-state index contributed by atoms with van der Waals surface area (Å²) in [4.78, 5) is 22.0. The second kappa shape index (κ2) is 8.45. The van der Waals surface area contributed by atoms with Gasteiger partial charge in [-0.1, -0.05) is 19.1 Å². The van der Waals surface area contributed by atoms with Gasteiger partial charge in [0.05, 0.1) is 30.8 Å². The molecule has 4 aromatic rings. The Bertz CT molecular complexity index is 1490. The first-order valence-corrected chi connectivity index (χ1v) is 11.6. The van der Waals surface area contributed by atoms with Crippen LogP contribution in [0.5, 0.6) is 5.75 Å². The summed E-state index contributed by atoms with van der Waals surface area (Å²) in [6, 6.07) is 12.4. The third kappa shape index (κ3) is 3.70. The Kier molecular flexibility index (Phi) is 5.81. The van der Waals surface area contributed by atoms with Gasteiger partial charge >= 0.3 is 16.2 Å². The summed E-state index contributed by atoms with van der Waals surface area (Å²) in [6.45, 7) is 2.03. The fraction of sp³-hybridized carbons (Fsp3) is 0.261. The van der Waals surface area contributed by atoms with Crippen LogP contribution in [0.2, 0.25) is 0 Å². The van der Waals surface area contributed by atoms with Crippen molar-refractivity contribution in [2.24, 2.45) is 0 Å². The first-order chi connectivity index (χ1) is 15.7. The maximum absolute atomic E-state index is 13.4. The van der Waals surface area contributed by atoms with Crippen molar-refractivity contribution < 1.29 is 22.7 Å². The fourth-order valence-corrected chi connectivity index (χ4v) is 4.71. The number of imidazole rings is 1. The molecule has 0 amide bonds. The van der Waals surface area contributed by atoms with Gasteiger partial charge in [0.15, 0.2) is 5.82 Å². The van der Waals surface area contributed by atoms with E-state index in [1.807, 2.05) is 25.1 Å². The highest BCUT2D eigenvalue weighted by Crippen LogP contribution is 2.34. The lowest BCUT2D eigenvalue weighted by atomic mass is 10.1. The fourth-order valence-electron chi connectivity index (χ4n) is 3.64. The van der Waals surface area contributed by atoms with Crippen LogP contribution < -0.4 is 4.74 Å². The van der Waals surface area contributed by atoms with E-state index in [1.165, 1.54) is 28.3 Å². The number of hydrogen-bond donors (Lipinski definition) is 0. The maximum Gasteiger partial charge on any atom is 0.340 e. The zero-order valence-corrected chi connectivity index (χ0v) is 19.8. The second-order valence-electron chi connectivity index (χ2n) is 7.57. The van der Waals surface area contributed by atoms with Gasteiger partial charge in [-0.2, -0.15) is 12.7 Å². The Labute approximate surface area is 191 Å². The van der Waals surface area contributed by atoms with Gasteiger partial charge in [-0.3, -0.25) is 0 Å². The van der Waals surface area contributed by atoms with Crippen LogP contribution in [0.15, 0.2) is 42.5 Å². The molecule has 4 rings (SSSR count). The number of aryl methyl sites for hydroxylation is 1. The molecule has 0 aliphatic carbocycles. The molecule has 10 heteroatoms. The number of carbonyl (C=O) groups excluding carboxylic acids is 1. The minimum Gasteiger partial charge on any atom is -0.494 e. The van der Waals surface area contributed by atoms with E-state index in [-0.39, 0.29) is 17.1 Å². The van der Waals surface area contributed by atoms with E-state index in [4.69, 9.17) is 9.47 Å². The van der Waals surface area contributed by atoms with Gasteiger partial charge in [0.1, 0.15) is 17.0 Å². The molecule has 0 saturated carbocycles. The van der Waals surface area contributed by atoms with Crippen LogP contribution in [-0.2, 0) is 21.4 Å². The van der Waals surface area contributed by atoms with Crippen LogP contribution in [0.25, 0.3) is 33.5 Å². The summed E-state index contributed by atoms with van der Waals surface area (Å²) in [5.41, 5.74) is 2.53. The Balaban J connectivity index is 2.16. The molecule has 0 aliphatic rings. The van der Waals surface area contributed by atoms with Gasteiger partial charge in [-0.25, -0.2) is 18.7 Å². The van der Waals surface area contributed by atoms with E-state index in [2.05, 4.69) is 9.97 Å². The molecule has 2 heterocycles. The van der Waals surface area contributed by atoms with Crippen molar-refractivity contribution in [3.8, 4) is 17.3 Å². The van der Waals surface area contributed by atoms with Gasteiger partial charge in [0.2, 0.25) is 0 Å². The van der Waals surface area contributed by atoms with E-state index >= 15 is 0 Å². The number of benzene rings is 2. The molecule has 0 unspecified atom stereocenters. The zero-order valence-electron chi connectivity index (χ0n) is 19.0. The molecule has 0 atom stereocenters. The molecule has 2 aromatic heterocycles. The van der Waals surface area contributed by atoms with Crippen molar-refractivity contribution in [3.63, 3.8) is 0 Å². The smallest absolute Gasteiger partial charge is 0.340 e. The maximum atomic E-state index is 13.4. The molecule has 0 aliphatic heterocycles. The van der Waals surface area contributed by atoms with Gasteiger partial charge in [-0.15, -0.1) is 0 Å². The number of aromatic nitrogens is 3. The zero-order chi connectivity index (χ0) is 23.9. The van der Waals surface area contributed by atoms with E-state index in [1.54, 1.807) is 24.3 Å². The predicted molar refractivity (Wildman–Crippen MR) is 126 cm³/mol. The molecule has 0 spiro atoms. The number of pyridine rings is 1. The van der Waals surface area contributed by atoms with Crippen molar-refractivity contribution in [2.45, 2.75) is 13.3 Å². The lowest BCUT2D eigenvalue weighted by Gasteiger charge is -2.16. The minimum atomic E-state index is -4.04. The highest BCUT2D eigenvalue weighted by atomic mass is 32.2. The highest BCUT2D eigenvalue weighted by molar-refractivity contribution is 7.87. The van der Waals surface area contributed by atoms with Crippen LogP contribution >= 0.6 is 0 Å². The summed E-state index contributed by atoms with van der Waals surface area (Å²) in [7, 11) is 1.55. The molecule has 2 aromatic carbocycles. The van der Waals surface area contributed by atoms with Crippen molar-refractivity contribution in [1.29, 1.82) is 0 Å². The molecule has 172 valence electrons. The minimum absolute atomic E-state index is 0.00920. The number of methoxy groups -OCH3 is 2. The quantitative estimate of drug-likeness (QED) is 0.400. The topological polar surface area (TPSA) is 104 Å². The number of carbonyl (C=O) groups is 1. The average Bonchev–Trinajstić information content (AvgIpc) is 3.22. The van der Waals surface area contributed by atoms with E-state index in [9.17, 15) is 13.2 Å². The number of esters is 1. The summed E-state index contributed by atoms with van der Waals surface area (Å²) in [6.07, 6.45) is 0.821. The molecular weight excluding hydrogens is 444 g/mol. The molecule has 0 radical (unpaired) electrons. The summed E-state index contributed by atoms with van der Waals surface area (Å²) < 4.78 is 39.3. The third-order valence-electron chi connectivity index (χ3n) is 5.42. The number of ether oxygens (including phenoxy) is 2. The largest absolute Gasteiger partial charge is 0.494 e. The van der Waals surface area contributed by atoms with Gasteiger partial charge in [-0.05, 0) is 42.3 Å². The standard InChI is InChI=1S/C23H24N4O5S/c1-6-14-10-11-17-15(12-14)13-16(23(28)32-5)20(24-17)22-25-21-18(8-7-9-19(21)31-4)27(22)33(29,30)26(2)3/h7-13H,6H2,1-5H3. The number of rotatable bonds is 6. The van der Waals surface area contributed by atoms with E-state index in [0.29, 0.717) is 22.3 Å². The Morgan fingerprint density at radius 2 is 1.85 bits per heavy atom. The van der Waals surface area contributed by atoms with Gasteiger partial charge in [0.25, 0.3) is 0 Å². The van der Waals surface area contributed by atoms with Crippen molar-refractivity contribution >= 4 is 38.1 Å². The SMILES string of the molecule is CCc1ccc2nc(-c3nc4c(OC)cccc4n3S(=O)(=O)N(C)C)c(C(=O)OC)cc2c1. The van der Waals surface area contributed by atoms with Crippen molar-refractivity contribution in [1.82, 2.24) is 18.2 Å². The molecule has 33 heavy (non-hydrogen) atoms. The van der Waals surface area contributed by atoms with Crippen LogP contribution in [0, 0.1) is 0 Å². The summed E-state index contributed by atoms with van der Waals surface area (Å²) in [5.74, 6) is -0.256. The molecule has 0 N–H and O–H groups in total. The van der Waals surface area contributed by atoms with E-state index in [0.717, 1.165) is 25.6 Å². The van der Waals surface area contributed by atoms with Crippen LogP contribution in [0.4, 0.5) is 0 Å². The molecule has 0 saturated heterocycles. The van der Waals surface area contributed by atoms with Crippen molar-refractivity contribution in [2.75, 3.05) is 28.3 Å². The molecule has 0 fully saturated rings. The van der Waals surface area contributed by atoms with Gasteiger partial charge < -0.3 is 9.47 Å². The Hall–Kier alpha value is -3.50. The Morgan fingerprint density at radius 1 is 1.09 bits per heavy atom. The first-order valence-electron chi connectivity index (χ1n) is 10.2. The Morgan fingerprint density at radius 3 is 2.48 bits per heavy atom. The molecular formula is C23H24N4O5S. The van der Waals surface area contributed by atoms with E-state index < -0.39 is 16.2 Å². The number of hydrogen-bond acceptors (Lipinski definition) is 7. The average molecular weight is 469 g/mol. The summed E-state index contributed by atoms with van der Waals surface area (Å²) in [5, 5.41) is 0.745. The van der Waals surface area contributed by atoms with Crippen LogP contribution in [0.1, 0.15) is 22.8 Å². The predicted octanol–water partition coefficient (Wildman–Crippen LogP) is 3.26. The summed E-state index contributed by atoms with van der Waals surface area (Å²) >= 11 is 0. The lowest BCUT2D eigenvalue weighted by Crippen LogP contribution is -2.29. The molecule has 9 nitrogen and oxygen atoms in total. The normalized spacial score (nSPS) is 11.9. The van der Waals surface area contributed by atoms with Crippen molar-refractivity contribution in [3.05, 3.63) is 53.6 Å².